The first-order chi connectivity index (χ1) is 16.7. The number of rotatable bonds is 7. The number of carbonyl (C=O) groups excluding carboxylic acids is 2. The van der Waals surface area contributed by atoms with E-state index in [9.17, 15) is 14.7 Å². The fourth-order valence-corrected chi connectivity index (χ4v) is 4.04. The monoisotopic (exact) mass is 484 g/mol. The fourth-order valence-electron chi connectivity index (χ4n) is 4.04. The van der Waals surface area contributed by atoms with Crippen molar-refractivity contribution in [3.63, 3.8) is 0 Å². The Morgan fingerprint density at radius 2 is 1.91 bits per heavy atom. The van der Waals surface area contributed by atoms with Crippen LogP contribution in [0.4, 0.5) is 16.2 Å². The van der Waals surface area contributed by atoms with Gasteiger partial charge in [-0.3, -0.25) is 4.79 Å². The van der Waals surface area contributed by atoms with E-state index in [1.54, 1.807) is 54.3 Å². The van der Waals surface area contributed by atoms with E-state index in [1.165, 1.54) is 0 Å². The van der Waals surface area contributed by atoms with Gasteiger partial charge in [0.1, 0.15) is 11.9 Å². The number of benzene rings is 2. The van der Waals surface area contributed by atoms with Gasteiger partial charge >= 0.3 is 6.03 Å². The van der Waals surface area contributed by atoms with Crippen molar-refractivity contribution in [2.24, 2.45) is 5.92 Å². The number of ether oxygens (including phenoxy) is 2. The highest BCUT2D eigenvalue weighted by atomic mass is 16.5. The molecular weight excluding hydrogens is 448 g/mol. The Morgan fingerprint density at radius 1 is 1.23 bits per heavy atom. The molecule has 0 spiro atoms. The van der Waals surface area contributed by atoms with Crippen LogP contribution in [0.2, 0.25) is 0 Å². The lowest BCUT2D eigenvalue weighted by atomic mass is 9.99. The second-order valence-electron chi connectivity index (χ2n) is 9.21. The molecule has 9 nitrogen and oxygen atoms in total. The summed E-state index contributed by atoms with van der Waals surface area (Å²) < 4.78 is 11.7. The van der Waals surface area contributed by atoms with Gasteiger partial charge in [0.2, 0.25) is 0 Å². The first-order valence-electron chi connectivity index (χ1n) is 11.7. The highest BCUT2D eigenvalue weighted by Gasteiger charge is 2.35. The van der Waals surface area contributed by atoms with Gasteiger partial charge in [-0.15, -0.1) is 0 Å². The molecule has 1 aliphatic rings. The summed E-state index contributed by atoms with van der Waals surface area (Å²) in [5, 5.41) is 12.7. The van der Waals surface area contributed by atoms with E-state index < -0.39 is 0 Å². The van der Waals surface area contributed by atoms with Crippen molar-refractivity contribution in [1.29, 1.82) is 0 Å². The Bertz CT molecular complexity index is 1030. The third-order valence-corrected chi connectivity index (χ3v) is 6.29. The second kappa shape index (κ2) is 11.3. The van der Waals surface area contributed by atoms with Crippen LogP contribution in [0.3, 0.4) is 0 Å². The van der Waals surface area contributed by atoms with E-state index in [1.807, 2.05) is 45.0 Å². The maximum Gasteiger partial charge on any atom is 0.321 e. The average molecular weight is 485 g/mol. The molecule has 0 fully saturated rings. The predicted molar refractivity (Wildman–Crippen MR) is 137 cm³/mol. The molecule has 2 N–H and O–H groups in total. The highest BCUT2D eigenvalue weighted by Crippen LogP contribution is 2.36. The van der Waals surface area contributed by atoms with Crippen molar-refractivity contribution in [1.82, 2.24) is 9.80 Å². The number of aliphatic hydroxyl groups is 1. The third kappa shape index (κ3) is 5.97. The van der Waals surface area contributed by atoms with Crippen molar-refractivity contribution in [3.05, 3.63) is 48.0 Å². The number of nitrogens with zero attached hydrogens (tertiary/aromatic N) is 3. The van der Waals surface area contributed by atoms with Crippen LogP contribution in [0.25, 0.3) is 0 Å². The molecule has 0 saturated heterocycles. The van der Waals surface area contributed by atoms with Gasteiger partial charge in [-0.2, -0.15) is 0 Å². The number of methoxy groups -OCH3 is 1. The fraction of sp³-hybridized carbons (Fsp3) is 0.462. The number of urea groups is 1. The van der Waals surface area contributed by atoms with Gasteiger partial charge in [-0.25, -0.2) is 4.79 Å². The highest BCUT2D eigenvalue weighted by molar-refractivity contribution is 5.99. The molecule has 190 valence electrons. The minimum absolute atomic E-state index is 0.104. The summed E-state index contributed by atoms with van der Waals surface area (Å²) in [6.07, 6.45) is -0.386. The van der Waals surface area contributed by atoms with Crippen LogP contribution in [-0.2, 0) is 0 Å². The number of likely N-dealkylation sites (N-methyl/N-ethyl adjacent to an activating group) is 1. The molecule has 3 atom stereocenters. The smallest absolute Gasteiger partial charge is 0.321 e. The van der Waals surface area contributed by atoms with Gasteiger partial charge in [0.25, 0.3) is 5.91 Å². The van der Waals surface area contributed by atoms with Gasteiger partial charge in [-0.1, -0.05) is 13.0 Å². The van der Waals surface area contributed by atoms with Gasteiger partial charge in [0.15, 0.2) is 5.75 Å². The SMILES string of the molecule is COc1ccc(NC(=O)N(C)C[C@H]2Oc3c(cccc3N(C)C)C(=O)N([C@H](C)CO)C[C@@H]2C)cc1. The van der Waals surface area contributed by atoms with E-state index in [2.05, 4.69) is 5.32 Å². The van der Waals surface area contributed by atoms with Gasteiger partial charge in [-0.05, 0) is 43.3 Å². The number of nitrogens with one attached hydrogen (secondary N) is 1. The summed E-state index contributed by atoms with van der Waals surface area (Å²) >= 11 is 0. The topological polar surface area (TPSA) is 94.6 Å². The summed E-state index contributed by atoms with van der Waals surface area (Å²) in [4.78, 5) is 31.5. The molecule has 3 rings (SSSR count). The van der Waals surface area contributed by atoms with Crippen LogP contribution in [0.15, 0.2) is 42.5 Å². The Morgan fingerprint density at radius 3 is 2.51 bits per heavy atom. The standard InChI is InChI=1S/C26H36N4O5/c1-17-14-30(18(2)16-31)25(32)21-8-7-9-22(28(3)4)24(21)35-23(17)15-29(5)26(33)27-19-10-12-20(34-6)13-11-19/h7-13,17-18,23,31H,14-16H2,1-6H3,(H,27,33)/t17-,18+,23+/m0/s1. The largest absolute Gasteiger partial charge is 0.497 e. The molecule has 3 amide bonds. The Kier molecular flexibility index (Phi) is 8.45. The summed E-state index contributed by atoms with van der Waals surface area (Å²) in [6.45, 7) is 4.38. The molecule has 0 saturated carbocycles. The molecule has 0 aliphatic carbocycles. The Balaban J connectivity index is 1.87. The zero-order valence-corrected chi connectivity index (χ0v) is 21.3. The van der Waals surface area contributed by atoms with Crippen LogP contribution in [-0.4, -0.2) is 86.9 Å². The molecule has 9 heteroatoms. The van der Waals surface area contributed by atoms with Crippen molar-refractivity contribution >= 4 is 23.3 Å². The third-order valence-electron chi connectivity index (χ3n) is 6.29. The predicted octanol–water partition coefficient (Wildman–Crippen LogP) is 3.15. The van der Waals surface area contributed by atoms with Crippen molar-refractivity contribution < 1.29 is 24.2 Å². The molecule has 0 unspecified atom stereocenters. The lowest BCUT2D eigenvalue weighted by Crippen LogP contribution is -2.50. The molecule has 2 aromatic rings. The minimum Gasteiger partial charge on any atom is -0.497 e. The number of fused-ring (bicyclic) bond motifs is 1. The second-order valence-corrected chi connectivity index (χ2v) is 9.21. The zero-order chi connectivity index (χ0) is 25.7. The maximum absolute atomic E-state index is 13.4. The van der Waals surface area contributed by atoms with E-state index in [-0.39, 0.29) is 36.6 Å². The quantitative estimate of drug-likeness (QED) is 0.627. The normalized spacial score (nSPS) is 18.5. The number of aliphatic hydroxyl groups excluding tert-OH is 1. The number of amides is 3. The van der Waals surface area contributed by atoms with Gasteiger partial charge < -0.3 is 34.6 Å². The zero-order valence-electron chi connectivity index (χ0n) is 21.3. The summed E-state index contributed by atoms with van der Waals surface area (Å²) in [5.41, 5.74) is 1.87. The van der Waals surface area contributed by atoms with E-state index in [0.29, 0.717) is 35.8 Å². The number of hydrogen-bond donors (Lipinski definition) is 2. The van der Waals surface area contributed by atoms with Crippen LogP contribution in [0, 0.1) is 5.92 Å². The Labute approximate surface area is 207 Å². The van der Waals surface area contributed by atoms with Crippen molar-refractivity contribution in [2.45, 2.75) is 26.0 Å². The summed E-state index contributed by atoms with van der Waals surface area (Å²) in [6, 6.07) is 12.0. The molecule has 1 aliphatic heterocycles. The lowest BCUT2D eigenvalue weighted by molar-refractivity contribution is 0.0372. The minimum atomic E-state index is -0.386. The summed E-state index contributed by atoms with van der Waals surface area (Å²) in [7, 11) is 7.09. The van der Waals surface area contributed by atoms with Crippen LogP contribution in [0.5, 0.6) is 11.5 Å². The van der Waals surface area contributed by atoms with E-state index in [0.717, 1.165) is 5.69 Å². The van der Waals surface area contributed by atoms with Crippen molar-refractivity contribution in [3.8, 4) is 11.5 Å². The van der Waals surface area contributed by atoms with Crippen LogP contribution >= 0.6 is 0 Å². The number of para-hydroxylation sites is 1. The van der Waals surface area contributed by atoms with Gasteiger partial charge in [0, 0.05) is 39.3 Å². The van der Waals surface area contributed by atoms with E-state index in [4.69, 9.17) is 9.47 Å². The molecule has 0 aromatic heterocycles. The number of carbonyl (C=O) groups is 2. The molecular formula is C26H36N4O5. The molecule has 1 heterocycles. The number of anilines is 2. The lowest BCUT2D eigenvalue weighted by Gasteiger charge is -2.39. The average Bonchev–Trinajstić information content (AvgIpc) is 2.85. The first kappa shape index (κ1) is 26.2. The molecule has 0 radical (unpaired) electrons. The molecule has 2 aromatic carbocycles. The molecule has 0 bridgehead atoms. The van der Waals surface area contributed by atoms with Crippen molar-refractivity contribution in [2.75, 3.05) is 58.2 Å². The maximum atomic E-state index is 13.4. The Hall–Kier alpha value is -3.46. The molecule has 35 heavy (non-hydrogen) atoms. The van der Waals surface area contributed by atoms with Crippen LogP contribution in [0.1, 0.15) is 24.2 Å². The first-order valence-corrected chi connectivity index (χ1v) is 11.7. The number of hydrogen-bond acceptors (Lipinski definition) is 6. The summed E-state index contributed by atoms with van der Waals surface area (Å²) in [5.74, 6) is 0.909. The van der Waals surface area contributed by atoms with Crippen LogP contribution < -0.4 is 19.7 Å². The van der Waals surface area contributed by atoms with Gasteiger partial charge in [0.05, 0.1) is 37.6 Å². The van der Waals surface area contributed by atoms with E-state index >= 15 is 0 Å².